The van der Waals surface area contributed by atoms with Crippen LogP contribution in [0, 0.1) is 11.7 Å². The highest BCUT2D eigenvalue weighted by Gasteiger charge is 2.37. The fourth-order valence-corrected chi connectivity index (χ4v) is 1.46. The van der Waals surface area contributed by atoms with Gasteiger partial charge >= 0.3 is 17.8 Å². The molecule has 0 spiro atoms. The number of hydrogen-bond acceptors (Lipinski definition) is 4. The number of nitrogens with one attached hydrogen (secondary N) is 1. The van der Waals surface area contributed by atoms with E-state index in [0.717, 1.165) is 7.11 Å². The van der Waals surface area contributed by atoms with Gasteiger partial charge in [-0.3, -0.25) is 14.2 Å². The van der Waals surface area contributed by atoms with E-state index >= 15 is 0 Å². The van der Waals surface area contributed by atoms with E-state index in [1.54, 1.807) is 0 Å². The van der Waals surface area contributed by atoms with Crippen molar-refractivity contribution in [2.24, 2.45) is 5.92 Å². The molecule has 0 radical (unpaired) electrons. The van der Waals surface area contributed by atoms with Gasteiger partial charge in [-0.2, -0.15) is 17.6 Å². The van der Waals surface area contributed by atoms with Crippen molar-refractivity contribution in [3.05, 3.63) is 32.3 Å². The smallest absolute Gasteiger partial charge is 0.434 e. The number of nitrogens with zero attached hydrogens (tertiary/aromatic N) is 1. The van der Waals surface area contributed by atoms with E-state index in [2.05, 4.69) is 4.74 Å². The van der Waals surface area contributed by atoms with Crippen molar-refractivity contribution in [3.8, 4) is 0 Å². The molecule has 1 heterocycles. The lowest BCUT2D eigenvalue weighted by atomic mass is 10.2. The maximum absolute atomic E-state index is 13.3. The zero-order valence-corrected chi connectivity index (χ0v) is 10.4. The van der Waals surface area contributed by atoms with Crippen molar-refractivity contribution >= 4 is 5.97 Å². The monoisotopic (exact) mass is 298 g/mol. The summed E-state index contributed by atoms with van der Waals surface area (Å²) in [6.07, 6.45) is -5.20. The first-order valence-corrected chi connectivity index (χ1v) is 5.27. The summed E-state index contributed by atoms with van der Waals surface area (Å²) in [7, 11) is 1.05. The standard InChI is InChI=1S/C10H10F4N2O4/c1-4(8(18)20-2)3-16-7(17)5(11)6(10(12,13)14)15-9(16)19/h4H,3H2,1-2H3,(H,15,19). The van der Waals surface area contributed by atoms with Gasteiger partial charge in [0.15, 0.2) is 5.69 Å². The molecule has 1 unspecified atom stereocenters. The zero-order valence-electron chi connectivity index (χ0n) is 10.4. The molecule has 20 heavy (non-hydrogen) atoms. The van der Waals surface area contributed by atoms with Crippen LogP contribution >= 0.6 is 0 Å². The first kappa shape index (κ1) is 15.9. The molecular weight excluding hydrogens is 288 g/mol. The van der Waals surface area contributed by atoms with Gasteiger partial charge < -0.3 is 9.72 Å². The third-order valence-electron chi connectivity index (χ3n) is 2.47. The van der Waals surface area contributed by atoms with Gasteiger partial charge in [0, 0.05) is 6.54 Å². The highest BCUT2D eigenvalue weighted by molar-refractivity contribution is 5.71. The van der Waals surface area contributed by atoms with Gasteiger partial charge in [0.1, 0.15) is 0 Å². The Hall–Kier alpha value is -2.13. The second-order valence-corrected chi connectivity index (χ2v) is 3.96. The minimum absolute atomic E-state index is 0.173. The SMILES string of the molecule is COC(=O)C(C)Cn1c(=O)[nH]c(C(F)(F)F)c(F)c1=O. The summed E-state index contributed by atoms with van der Waals surface area (Å²) in [4.78, 5) is 35.2. The summed E-state index contributed by atoms with van der Waals surface area (Å²) in [5.41, 5.74) is -5.26. The maximum Gasteiger partial charge on any atom is 0.434 e. The van der Waals surface area contributed by atoms with Gasteiger partial charge in [-0.05, 0) is 0 Å². The molecule has 10 heteroatoms. The molecule has 112 valence electrons. The van der Waals surface area contributed by atoms with Crippen LogP contribution in [0.15, 0.2) is 9.59 Å². The van der Waals surface area contributed by atoms with Crippen molar-refractivity contribution in [3.63, 3.8) is 0 Å². The van der Waals surface area contributed by atoms with E-state index < -0.39 is 47.4 Å². The molecule has 0 aliphatic carbocycles. The molecule has 1 aromatic heterocycles. The molecule has 6 nitrogen and oxygen atoms in total. The van der Waals surface area contributed by atoms with Crippen LogP contribution in [0.5, 0.6) is 0 Å². The van der Waals surface area contributed by atoms with Gasteiger partial charge in [0.2, 0.25) is 5.82 Å². The molecule has 0 saturated carbocycles. The molecule has 1 atom stereocenters. The van der Waals surface area contributed by atoms with E-state index in [9.17, 15) is 31.9 Å². The number of H-pyrrole nitrogens is 1. The second-order valence-electron chi connectivity index (χ2n) is 3.96. The molecular formula is C10H10F4N2O4. The molecule has 0 bridgehead atoms. The average Bonchev–Trinajstić information content (AvgIpc) is 2.36. The normalized spacial score (nSPS) is 13.1. The van der Waals surface area contributed by atoms with E-state index in [0.29, 0.717) is 0 Å². The number of hydrogen-bond donors (Lipinski definition) is 1. The average molecular weight is 298 g/mol. The third-order valence-corrected chi connectivity index (χ3v) is 2.47. The van der Waals surface area contributed by atoms with Crippen LogP contribution in [0.1, 0.15) is 12.6 Å². The summed E-state index contributed by atoms with van der Waals surface area (Å²) in [5.74, 6) is -3.93. The Morgan fingerprint density at radius 1 is 1.40 bits per heavy atom. The van der Waals surface area contributed by atoms with E-state index in [1.807, 2.05) is 0 Å². The number of halogens is 4. The summed E-state index contributed by atoms with van der Waals surface area (Å²) in [5, 5.41) is 0. The largest absolute Gasteiger partial charge is 0.469 e. The lowest BCUT2D eigenvalue weighted by Gasteiger charge is -2.12. The number of rotatable bonds is 3. The first-order chi connectivity index (χ1) is 9.09. The number of methoxy groups -OCH3 is 1. The fraction of sp³-hybridized carbons (Fsp3) is 0.500. The maximum atomic E-state index is 13.3. The highest BCUT2D eigenvalue weighted by atomic mass is 19.4. The van der Waals surface area contributed by atoms with Gasteiger partial charge in [-0.1, -0.05) is 6.92 Å². The molecule has 0 saturated heterocycles. The summed E-state index contributed by atoms with van der Waals surface area (Å²) in [6, 6.07) is 0. The molecule has 1 N–H and O–H groups in total. The van der Waals surface area contributed by atoms with Crippen LogP contribution in [0.25, 0.3) is 0 Å². The van der Waals surface area contributed by atoms with E-state index in [1.165, 1.54) is 11.9 Å². The highest BCUT2D eigenvalue weighted by Crippen LogP contribution is 2.27. The van der Waals surface area contributed by atoms with Crippen LogP contribution in [0.3, 0.4) is 0 Å². The van der Waals surface area contributed by atoms with Crippen LogP contribution in [-0.4, -0.2) is 22.6 Å². The number of aromatic nitrogens is 2. The Bertz CT molecular complexity index is 632. The van der Waals surface area contributed by atoms with Gasteiger partial charge in [0.25, 0.3) is 5.56 Å². The van der Waals surface area contributed by atoms with Crippen molar-refractivity contribution in [2.75, 3.05) is 7.11 Å². The summed E-state index contributed by atoms with van der Waals surface area (Å²) < 4.78 is 54.9. The zero-order chi connectivity index (χ0) is 15.7. The molecule has 0 amide bonds. The Kier molecular flexibility index (Phi) is 4.36. The number of carbonyl (C=O) groups excluding carboxylic acids is 1. The number of esters is 1. The summed E-state index contributed by atoms with van der Waals surface area (Å²) >= 11 is 0. The van der Waals surface area contributed by atoms with Crippen molar-refractivity contribution < 1.29 is 27.1 Å². The third kappa shape index (κ3) is 3.06. The first-order valence-electron chi connectivity index (χ1n) is 5.27. The number of carbonyl (C=O) groups is 1. The van der Waals surface area contributed by atoms with Crippen molar-refractivity contribution in [2.45, 2.75) is 19.6 Å². The Morgan fingerprint density at radius 2 is 1.95 bits per heavy atom. The Morgan fingerprint density at radius 3 is 2.40 bits per heavy atom. The molecule has 0 aliphatic rings. The minimum Gasteiger partial charge on any atom is -0.469 e. The van der Waals surface area contributed by atoms with Crippen molar-refractivity contribution in [1.29, 1.82) is 0 Å². The Labute approximate surface area is 109 Å². The van der Waals surface area contributed by atoms with Crippen molar-refractivity contribution in [1.82, 2.24) is 9.55 Å². The number of alkyl halides is 3. The Balaban J connectivity index is 3.33. The molecule has 0 aromatic carbocycles. The molecule has 0 fully saturated rings. The van der Waals surface area contributed by atoms with Crippen LogP contribution in [0.2, 0.25) is 0 Å². The van der Waals surface area contributed by atoms with Crippen LogP contribution < -0.4 is 11.2 Å². The van der Waals surface area contributed by atoms with Gasteiger partial charge in [0.05, 0.1) is 13.0 Å². The van der Waals surface area contributed by atoms with Gasteiger partial charge in [-0.25, -0.2) is 4.79 Å². The quantitative estimate of drug-likeness (QED) is 0.651. The lowest BCUT2D eigenvalue weighted by molar-refractivity contribution is -0.146. The molecule has 1 rings (SSSR count). The van der Waals surface area contributed by atoms with Crippen LogP contribution in [0.4, 0.5) is 17.6 Å². The molecule has 0 aliphatic heterocycles. The van der Waals surface area contributed by atoms with E-state index in [-0.39, 0.29) is 4.57 Å². The predicted octanol–water partition coefficient (Wildman–Crippen LogP) is 0.504. The number of aromatic amines is 1. The summed E-state index contributed by atoms with van der Waals surface area (Å²) in [6.45, 7) is 0.670. The topological polar surface area (TPSA) is 81.2 Å². The minimum atomic E-state index is -5.20. The van der Waals surface area contributed by atoms with E-state index in [4.69, 9.17) is 0 Å². The van der Waals surface area contributed by atoms with Gasteiger partial charge in [-0.15, -0.1) is 0 Å². The van der Waals surface area contributed by atoms with Crippen LogP contribution in [-0.2, 0) is 22.3 Å². The number of ether oxygens (including phenoxy) is 1. The second kappa shape index (κ2) is 5.47. The lowest BCUT2D eigenvalue weighted by Crippen LogP contribution is -2.42. The molecule has 1 aromatic rings. The predicted molar refractivity (Wildman–Crippen MR) is 57.5 cm³/mol. The fourth-order valence-electron chi connectivity index (χ4n) is 1.46.